The Hall–Kier alpha value is -0.130. The minimum absolute atomic E-state index is 0.157. The van der Waals surface area contributed by atoms with Crippen LogP contribution in [0, 0.1) is 0 Å². The second kappa shape index (κ2) is 5.88. The lowest BCUT2D eigenvalue weighted by Crippen LogP contribution is -2.53. The van der Waals surface area contributed by atoms with E-state index in [1.807, 2.05) is 6.92 Å². The van der Waals surface area contributed by atoms with Crippen molar-refractivity contribution in [2.45, 2.75) is 57.7 Å². The Labute approximate surface area is 111 Å². The van der Waals surface area contributed by atoms with Gasteiger partial charge in [-0.2, -0.15) is 0 Å². The smallest absolute Gasteiger partial charge is 0.153 e. The molecule has 1 saturated carbocycles. The Morgan fingerprint density at radius 1 is 1.33 bits per heavy atom. The standard InChI is InChI=1S/C13H26N2O2S/c1-11(9-14-13-5-3-4-6-13)15-7-8-18(16,17)10-12(15)2/h11-14H,3-10H2,1-2H3. The van der Waals surface area contributed by atoms with E-state index >= 15 is 0 Å². The van der Waals surface area contributed by atoms with Crippen LogP contribution in [0.3, 0.4) is 0 Å². The second-order valence-corrected chi connectivity index (χ2v) is 8.17. The molecule has 0 spiro atoms. The van der Waals surface area contributed by atoms with Gasteiger partial charge in [0.05, 0.1) is 11.5 Å². The molecule has 1 saturated heterocycles. The van der Waals surface area contributed by atoms with Crippen molar-refractivity contribution in [2.75, 3.05) is 24.6 Å². The van der Waals surface area contributed by atoms with Crippen LogP contribution in [0.15, 0.2) is 0 Å². The second-order valence-electron chi connectivity index (χ2n) is 5.94. The predicted molar refractivity (Wildman–Crippen MR) is 74.5 cm³/mol. The van der Waals surface area contributed by atoms with Crippen molar-refractivity contribution >= 4 is 9.84 Å². The molecule has 0 amide bonds. The highest BCUT2D eigenvalue weighted by Gasteiger charge is 2.31. The first-order chi connectivity index (χ1) is 8.48. The molecule has 2 rings (SSSR count). The van der Waals surface area contributed by atoms with Gasteiger partial charge in [-0.15, -0.1) is 0 Å². The van der Waals surface area contributed by atoms with Gasteiger partial charge in [0.25, 0.3) is 0 Å². The maximum Gasteiger partial charge on any atom is 0.153 e. The molecule has 106 valence electrons. The third-order valence-electron chi connectivity index (χ3n) is 4.35. The summed E-state index contributed by atoms with van der Waals surface area (Å²) in [5, 5.41) is 3.63. The Morgan fingerprint density at radius 2 is 2.00 bits per heavy atom. The number of rotatable bonds is 4. The van der Waals surface area contributed by atoms with Crippen LogP contribution in [0.25, 0.3) is 0 Å². The highest BCUT2D eigenvalue weighted by atomic mass is 32.2. The van der Waals surface area contributed by atoms with E-state index in [2.05, 4.69) is 17.1 Å². The van der Waals surface area contributed by atoms with Crippen molar-refractivity contribution in [2.24, 2.45) is 0 Å². The zero-order valence-corrected chi connectivity index (χ0v) is 12.4. The molecule has 2 atom stereocenters. The summed E-state index contributed by atoms with van der Waals surface area (Å²) in [6.45, 7) is 5.91. The monoisotopic (exact) mass is 274 g/mol. The van der Waals surface area contributed by atoms with Crippen molar-refractivity contribution in [3.63, 3.8) is 0 Å². The molecule has 1 aliphatic heterocycles. The maximum atomic E-state index is 11.6. The van der Waals surface area contributed by atoms with E-state index in [0.29, 0.717) is 30.1 Å². The Kier molecular flexibility index (Phi) is 4.67. The molecule has 18 heavy (non-hydrogen) atoms. The Morgan fingerprint density at radius 3 is 2.61 bits per heavy atom. The first kappa shape index (κ1) is 14.3. The van der Waals surface area contributed by atoms with Crippen LogP contribution in [0.1, 0.15) is 39.5 Å². The molecule has 1 aliphatic carbocycles. The average Bonchev–Trinajstić information content (AvgIpc) is 2.77. The minimum atomic E-state index is -2.79. The molecule has 1 N–H and O–H groups in total. The fourth-order valence-corrected chi connectivity index (χ4v) is 4.83. The Balaban J connectivity index is 1.79. The zero-order chi connectivity index (χ0) is 13.2. The number of nitrogens with zero attached hydrogens (tertiary/aromatic N) is 1. The molecule has 0 bridgehead atoms. The number of nitrogens with one attached hydrogen (secondary N) is 1. The van der Waals surface area contributed by atoms with E-state index in [1.54, 1.807) is 0 Å². The van der Waals surface area contributed by atoms with E-state index in [4.69, 9.17) is 0 Å². The van der Waals surface area contributed by atoms with E-state index in [-0.39, 0.29) is 6.04 Å². The average molecular weight is 274 g/mol. The molecular weight excluding hydrogens is 248 g/mol. The van der Waals surface area contributed by atoms with Crippen molar-refractivity contribution in [3.8, 4) is 0 Å². The minimum Gasteiger partial charge on any atom is -0.312 e. The molecule has 0 aromatic rings. The lowest BCUT2D eigenvalue weighted by molar-refractivity contribution is 0.162. The van der Waals surface area contributed by atoms with Gasteiger partial charge < -0.3 is 5.32 Å². The van der Waals surface area contributed by atoms with E-state index in [1.165, 1.54) is 25.7 Å². The third kappa shape index (κ3) is 3.68. The molecule has 4 nitrogen and oxygen atoms in total. The molecule has 2 fully saturated rings. The van der Waals surface area contributed by atoms with E-state index in [0.717, 1.165) is 6.54 Å². The highest BCUT2D eigenvalue weighted by Crippen LogP contribution is 2.18. The highest BCUT2D eigenvalue weighted by molar-refractivity contribution is 7.91. The first-order valence-corrected chi connectivity index (χ1v) is 8.99. The first-order valence-electron chi connectivity index (χ1n) is 7.17. The summed E-state index contributed by atoms with van der Waals surface area (Å²) in [6, 6.07) is 1.27. The maximum absolute atomic E-state index is 11.6. The fourth-order valence-electron chi connectivity index (χ4n) is 3.25. The zero-order valence-electron chi connectivity index (χ0n) is 11.6. The lowest BCUT2D eigenvalue weighted by atomic mass is 10.2. The summed E-state index contributed by atoms with van der Waals surface area (Å²) in [7, 11) is -2.79. The van der Waals surface area contributed by atoms with Crippen LogP contribution >= 0.6 is 0 Å². The van der Waals surface area contributed by atoms with Crippen LogP contribution in [0.5, 0.6) is 0 Å². The summed E-state index contributed by atoms with van der Waals surface area (Å²) in [5.41, 5.74) is 0. The molecule has 0 aromatic heterocycles. The summed E-state index contributed by atoms with van der Waals surface area (Å²) in [5.74, 6) is 0.645. The van der Waals surface area contributed by atoms with E-state index < -0.39 is 9.84 Å². The molecule has 2 aliphatic rings. The predicted octanol–water partition coefficient (Wildman–Crippen LogP) is 1.03. The summed E-state index contributed by atoms with van der Waals surface area (Å²) >= 11 is 0. The Bertz CT molecular complexity index is 363. The van der Waals surface area contributed by atoms with Gasteiger partial charge in [-0.3, -0.25) is 4.90 Å². The van der Waals surface area contributed by atoms with E-state index in [9.17, 15) is 8.42 Å². The van der Waals surface area contributed by atoms with Crippen molar-refractivity contribution in [1.29, 1.82) is 0 Å². The van der Waals surface area contributed by atoms with Gasteiger partial charge in [-0.05, 0) is 26.7 Å². The molecule has 1 heterocycles. The number of hydrogen-bond acceptors (Lipinski definition) is 4. The normalized spacial score (nSPS) is 31.6. The number of hydrogen-bond donors (Lipinski definition) is 1. The van der Waals surface area contributed by atoms with Crippen LogP contribution in [-0.4, -0.2) is 56.0 Å². The van der Waals surface area contributed by atoms with Crippen molar-refractivity contribution in [3.05, 3.63) is 0 Å². The molecule has 0 aromatic carbocycles. The van der Waals surface area contributed by atoms with Crippen LogP contribution in [0.2, 0.25) is 0 Å². The molecular formula is C13H26N2O2S. The quantitative estimate of drug-likeness (QED) is 0.832. The van der Waals surface area contributed by atoms with Gasteiger partial charge in [0, 0.05) is 31.2 Å². The summed E-state index contributed by atoms with van der Waals surface area (Å²) < 4.78 is 23.1. The lowest BCUT2D eigenvalue weighted by Gasteiger charge is -2.38. The van der Waals surface area contributed by atoms with Gasteiger partial charge in [0.15, 0.2) is 9.84 Å². The largest absolute Gasteiger partial charge is 0.312 e. The summed E-state index contributed by atoms with van der Waals surface area (Å²) in [4.78, 5) is 2.34. The SMILES string of the molecule is CC(CNC1CCCC1)N1CCS(=O)(=O)CC1C. The van der Waals surface area contributed by atoms with Crippen LogP contribution in [0.4, 0.5) is 0 Å². The van der Waals surface area contributed by atoms with Gasteiger partial charge in [-0.25, -0.2) is 8.42 Å². The van der Waals surface area contributed by atoms with Crippen molar-refractivity contribution in [1.82, 2.24) is 10.2 Å². The van der Waals surface area contributed by atoms with Crippen molar-refractivity contribution < 1.29 is 8.42 Å². The van der Waals surface area contributed by atoms with Gasteiger partial charge >= 0.3 is 0 Å². The number of sulfone groups is 1. The molecule has 2 unspecified atom stereocenters. The molecule has 5 heteroatoms. The van der Waals surface area contributed by atoms with Crippen LogP contribution in [-0.2, 0) is 9.84 Å². The van der Waals surface area contributed by atoms with Crippen LogP contribution < -0.4 is 5.32 Å². The van der Waals surface area contributed by atoms with Gasteiger partial charge in [0.2, 0.25) is 0 Å². The summed E-state index contributed by atoms with van der Waals surface area (Å²) in [6.07, 6.45) is 5.31. The van der Waals surface area contributed by atoms with Gasteiger partial charge in [-0.1, -0.05) is 12.8 Å². The molecule has 0 radical (unpaired) electrons. The third-order valence-corrected chi connectivity index (χ3v) is 6.14. The topological polar surface area (TPSA) is 49.4 Å². The van der Waals surface area contributed by atoms with Gasteiger partial charge in [0.1, 0.15) is 0 Å². The fraction of sp³-hybridized carbons (Fsp3) is 1.00.